The van der Waals surface area contributed by atoms with Gasteiger partial charge in [0.25, 0.3) is 0 Å². The number of ether oxygens (including phenoxy) is 1. The van der Waals surface area contributed by atoms with E-state index in [-0.39, 0.29) is 5.91 Å². The quantitative estimate of drug-likeness (QED) is 0.373. The molecule has 0 aliphatic carbocycles. The number of morpholine rings is 1. The molecule has 0 radical (unpaired) electrons. The van der Waals surface area contributed by atoms with Gasteiger partial charge in [-0.05, 0) is 36.8 Å². The fourth-order valence-electron chi connectivity index (χ4n) is 4.61. The topological polar surface area (TPSA) is 126 Å². The molecule has 1 aromatic carbocycles. The van der Waals surface area contributed by atoms with Crippen molar-refractivity contribution in [3.63, 3.8) is 0 Å². The number of hydrogen-bond donors (Lipinski definition) is 2. The van der Waals surface area contributed by atoms with Crippen LogP contribution in [0.2, 0.25) is 0 Å². The highest BCUT2D eigenvalue weighted by Crippen LogP contribution is 2.27. The number of carbonyl (C=O) groups is 1. The SMILES string of the molecule is O=C1CCCN1CCn1cnc2c(Nc3ccc(N4CCOCC4)cc3)nc(Nc3ccncn3)nc21. The fraction of sp³-hybridized carbons (Fsp3) is 0.360. The highest BCUT2D eigenvalue weighted by Gasteiger charge is 2.21. The molecule has 5 heterocycles. The van der Waals surface area contributed by atoms with E-state index in [0.717, 1.165) is 50.6 Å². The van der Waals surface area contributed by atoms with Crippen molar-refractivity contribution in [3.8, 4) is 0 Å². The van der Waals surface area contributed by atoms with Gasteiger partial charge in [-0.2, -0.15) is 9.97 Å². The number of rotatable bonds is 8. The number of nitrogens with zero attached hydrogens (tertiary/aromatic N) is 8. The molecule has 2 fully saturated rings. The Bertz CT molecular complexity index is 1370. The van der Waals surface area contributed by atoms with E-state index in [4.69, 9.17) is 14.7 Å². The molecule has 3 aromatic heterocycles. The number of imidazole rings is 1. The molecule has 2 aliphatic heterocycles. The maximum absolute atomic E-state index is 12.1. The van der Waals surface area contributed by atoms with Crippen LogP contribution in [0.4, 0.5) is 29.0 Å². The second kappa shape index (κ2) is 10.3. The van der Waals surface area contributed by atoms with Gasteiger partial charge in [-0.1, -0.05) is 0 Å². The molecule has 2 N–H and O–H groups in total. The van der Waals surface area contributed by atoms with Crippen LogP contribution in [-0.2, 0) is 16.1 Å². The third kappa shape index (κ3) is 5.14. The number of benzene rings is 1. The molecule has 0 bridgehead atoms. The van der Waals surface area contributed by atoms with Gasteiger partial charge in [0.1, 0.15) is 12.1 Å². The lowest BCUT2D eigenvalue weighted by atomic mass is 10.2. The van der Waals surface area contributed by atoms with E-state index in [0.29, 0.717) is 48.3 Å². The lowest BCUT2D eigenvalue weighted by molar-refractivity contribution is -0.127. The van der Waals surface area contributed by atoms with Crippen molar-refractivity contribution in [2.24, 2.45) is 0 Å². The minimum absolute atomic E-state index is 0.202. The van der Waals surface area contributed by atoms with Gasteiger partial charge >= 0.3 is 0 Å². The fourth-order valence-corrected chi connectivity index (χ4v) is 4.61. The number of likely N-dealkylation sites (tertiary alicyclic amines) is 1. The van der Waals surface area contributed by atoms with Gasteiger partial charge < -0.3 is 29.7 Å². The van der Waals surface area contributed by atoms with Crippen LogP contribution in [0.1, 0.15) is 12.8 Å². The van der Waals surface area contributed by atoms with Crippen LogP contribution in [0.5, 0.6) is 0 Å². The van der Waals surface area contributed by atoms with Crippen molar-refractivity contribution >= 4 is 46.0 Å². The number of aromatic nitrogens is 6. The molecule has 0 atom stereocenters. The Balaban J connectivity index is 1.28. The van der Waals surface area contributed by atoms with E-state index in [1.54, 1.807) is 18.6 Å². The van der Waals surface area contributed by atoms with Crippen molar-refractivity contribution in [2.45, 2.75) is 19.4 Å². The Hall–Kier alpha value is -4.32. The molecule has 2 aliphatic rings. The molecule has 0 saturated carbocycles. The molecule has 2 saturated heterocycles. The number of fused-ring (bicyclic) bond motifs is 1. The first-order valence-corrected chi connectivity index (χ1v) is 12.5. The molecule has 4 aromatic rings. The summed E-state index contributed by atoms with van der Waals surface area (Å²) in [7, 11) is 0. The normalized spacial score (nSPS) is 15.9. The second-order valence-corrected chi connectivity index (χ2v) is 8.98. The zero-order chi connectivity index (χ0) is 25.0. The van der Waals surface area contributed by atoms with E-state index in [1.165, 1.54) is 6.33 Å². The monoisotopic (exact) mass is 500 g/mol. The number of hydrogen-bond acceptors (Lipinski definition) is 10. The number of carbonyl (C=O) groups excluding carboxylic acids is 1. The lowest BCUT2D eigenvalue weighted by Crippen LogP contribution is -2.36. The van der Waals surface area contributed by atoms with Crippen LogP contribution in [0.3, 0.4) is 0 Å². The highest BCUT2D eigenvalue weighted by atomic mass is 16.5. The Kier molecular flexibility index (Phi) is 6.46. The number of amides is 1. The summed E-state index contributed by atoms with van der Waals surface area (Å²) in [4.78, 5) is 38.5. The molecule has 6 rings (SSSR count). The van der Waals surface area contributed by atoms with Crippen LogP contribution < -0.4 is 15.5 Å². The van der Waals surface area contributed by atoms with Gasteiger partial charge in [0.05, 0.1) is 19.5 Å². The first-order valence-electron chi connectivity index (χ1n) is 12.5. The molecule has 0 spiro atoms. The van der Waals surface area contributed by atoms with Crippen molar-refractivity contribution in [1.29, 1.82) is 0 Å². The first-order chi connectivity index (χ1) is 18.2. The number of anilines is 5. The van der Waals surface area contributed by atoms with Crippen molar-refractivity contribution in [2.75, 3.05) is 54.9 Å². The summed E-state index contributed by atoms with van der Waals surface area (Å²) < 4.78 is 7.42. The Morgan fingerprint density at radius 3 is 2.57 bits per heavy atom. The smallest absolute Gasteiger partial charge is 0.232 e. The molecular weight excluding hydrogens is 472 g/mol. The average molecular weight is 501 g/mol. The van der Waals surface area contributed by atoms with Gasteiger partial charge in [-0.15, -0.1) is 0 Å². The first kappa shape index (κ1) is 23.1. The maximum Gasteiger partial charge on any atom is 0.232 e. The van der Waals surface area contributed by atoms with Crippen LogP contribution in [0.25, 0.3) is 11.2 Å². The van der Waals surface area contributed by atoms with Crippen LogP contribution in [-0.4, -0.2) is 79.7 Å². The van der Waals surface area contributed by atoms with Crippen molar-refractivity contribution in [3.05, 3.63) is 49.2 Å². The number of nitrogens with one attached hydrogen (secondary N) is 2. The van der Waals surface area contributed by atoms with Crippen LogP contribution >= 0.6 is 0 Å². The summed E-state index contributed by atoms with van der Waals surface area (Å²) in [5.41, 5.74) is 3.37. The lowest BCUT2D eigenvalue weighted by Gasteiger charge is -2.28. The molecule has 37 heavy (non-hydrogen) atoms. The molecule has 1 amide bonds. The molecular formula is C25H28N10O2. The zero-order valence-electron chi connectivity index (χ0n) is 20.4. The predicted octanol–water partition coefficient (Wildman–Crippen LogP) is 2.56. The molecule has 190 valence electrons. The van der Waals surface area contributed by atoms with Gasteiger partial charge in [0.15, 0.2) is 17.0 Å². The van der Waals surface area contributed by atoms with Gasteiger partial charge in [0, 0.05) is 56.7 Å². The highest BCUT2D eigenvalue weighted by molar-refractivity contribution is 5.87. The third-order valence-electron chi connectivity index (χ3n) is 6.57. The van der Waals surface area contributed by atoms with E-state index >= 15 is 0 Å². The third-order valence-corrected chi connectivity index (χ3v) is 6.57. The van der Waals surface area contributed by atoms with E-state index < -0.39 is 0 Å². The van der Waals surface area contributed by atoms with Crippen LogP contribution in [0, 0.1) is 0 Å². The molecule has 12 nitrogen and oxygen atoms in total. The zero-order valence-corrected chi connectivity index (χ0v) is 20.4. The standard InChI is InChI=1S/C25H28N10O2/c36-21-2-1-9-34(21)10-11-35-17-28-22-23(31-25(32-24(22)35)30-20-7-8-26-16-27-20)29-18-3-5-19(6-4-18)33-12-14-37-15-13-33/h3-8,16-17H,1-2,9-15H2,(H2,26,27,29,30,31,32). The Labute approximate surface area is 213 Å². The average Bonchev–Trinajstić information content (AvgIpc) is 3.54. The van der Waals surface area contributed by atoms with E-state index in [2.05, 4.69) is 42.6 Å². The van der Waals surface area contributed by atoms with Gasteiger partial charge in [-0.3, -0.25) is 4.79 Å². The molecule has 12 heteroatoms. The minimum atomic E-state index is 0.202. The summed E-state index contributed by atoms with van der Waals surface area (Å²) in [6.07, 6.45) is 6.41. The Morgan fingerprint density at radius 2 is 1.81 bits per heavy atom. The molecule has 0 unspecified atom stereocenters. The predicted molar refractivity (Wildman–Crippen MR) is 139 cm³/mol. The summed E-state index contributed by atoms with van der Waals surface area (Å²) in [5, 5.41) is 6.57. The summed E-state index contributed by atoms with van der Waals surface area (Å²) in [6, 6.07) is 10.0. The Morgan fingerprint density at radius 1 is 0.946 bits per heavy atom. The summed E-state index contributed by atoms with van der Waals surface area (Å²) >= 11 is 0. The minimum Gasteiger partial charge on any atom is -0.378 e. The summed E-state index contributed by atoms with van der Waals surface area (Å²) in [6.45, 7) is 5.28. The van der Waals surface area contributed by atoms with Gasteiger partial charge in [0.2, 0.25) is 11.9 Å². The van der Waals surface area contributed by atoms with Gasteiger partial charge in [-0.25, -0.2) is 15.0 Å². The largest absolute Gasteiger partial charge is 0.378 e. The maximum atomic E-state index is 12.1. The van der Waals surface area contributed by atoms with Crippen molar-refractivity contribution in [1.82, 2.24) is 34.4 Å². The van der Waals surface area contributed by atoms with E-state index in [9.17, 15) is 4.79 Å². The van der Waals surface area contributed by atoms with Crippen molar-refractivity contribution < 1.29 is 9.53 Å². The van der Waals surface area contributed by atoms with Crippen LogP contribution in [0.15, 0.2) is 49.2 Å². The summed E-state index contributed by atoms with van der Waals surface area (Å²) in [5.74, 6) is 1.76. The van der Waals surface area contributed by atoms with E-state index in [1.807, 2.05) is 21.6 Å². The second-order valence-electron chi connectivity index (χ2n) is 8.98.